The van der Waals surface area contributed by atoms with Gasteiger partial charge in [-0.1, -0.05) is 12.2 Å². The normalized spacial score (nSPS) is 8.88. The monoisotopic (exact) mass is 167 g/mol. The molecule has 48 valence electrons. The van der Waals surface area contributed by atoms with E-state index < -0.39 is 0 Å². The Morgan fingerprint density at radius 1 is 1.50 bits per heavy atom. The predicted molar refractivity (Wildman–Crippen MR) is 47.8 cm³/mol. The van der Waals surface area contributed by atoms with Crippen LogP contribution >= 0.6 is 37.5 Å². The summed E-state index contributed by atoms with van der Waals surface area (Å²) in [4.78, 5) is 2.72. The van der Waals surface area contributed by atoms with E-state index in [9.17, 15) is 0 Å². The first-order valence-electron chi connectivity index (χ1n) is 2.19. The molecule has 0 aliphatic carbocycles. The van der Waals surface area contributed by atoms with Gasteiger partial charge in [-0.25, -0.2) is 0 Å². The lowest BCUT2D eigenvalue weighted by molar-refractivity contribution is 0.589. The second kappa shape index (κ2) is 4.47. The largest absolute Gasteiger partial charge is 0.348 e. The summed E-state index contributed by atoms with van der Waals surface area (Å²) in [5.74, 6) is 1.30. The molecule has 0 heterocycles. The third-order valence-electron chi connectivity index (χ3n) is 0.787. The van der Waals surface area contributed by atoms with Gasteiger partial charge in [-0.15, -0.1) is 0 Å². The summed E-state index contributed by atoms with van der Waals surface area (Å²) in [6.45, 7) is 1.86. The van der Waals surface area contributed by atoms with E-state index in [1.807, 2.05) is 11.8 Å². The Labute approximate surface area is 66.3 Å². The minimum absolute atomic E-state index is 0.652. The molecule has 0 rings (SSSR count). The van der Waals surface area contributed by atoms with Crippen LogP contribution in [0.15, 0.2) is 0 Å². The highest BCUT2D eigenvalue weighted by Crippen LogP contribution is 1.94. The van der Waals surface area contributed by atoms with Crippen molar-refractivity contribution in [3.63, 3.8) is 0 Å². The summed E-state index contributed by atoms with van der Waals surface area (Å²) in [5, 5.41) is 0. The minimum Gasteiger partial charge on any atom is -0.348 e. The molecule has 0 amide bonds. The first-order valence-corrected chi connectivity index (χ1v) is 3.87. The topological polar surface area (TPSA) is 3.24 Å². The Morgan fingerprint density at radius 2 is 1.88 bits per heavy atom. The van der Waals surface area contributed by atoms with E-state index in [0.29, 0.717) is 11.8 Å². The van der Waals surface area contributed by atoms with Crippen LogP contribution in [-0.2, 0) is 0 Å². The van der Waals surface area contributed by atoms with Gasteiger partial charge in [0.2, 0.25) is 0 Å². The van der Waals surface area contributed by atoms with Gasteiger partial charge < -0.3 is 4.90 Å². The zero-order valence-corrected chi connectivity index (χ0v) is 7.27. The fourth-order valence-corrected chi connectivity index (χ4v) is 1.35. The third kappa shape index (κ3) is 2.79. The van der Waals surface area contributed by atoms with Gasteiger partial charge in [-0.2, -0.15) is 25.3 Å². The van der Waals surface area contributed by atoms with Crippen LogP contribution < -0.4 is 0 Å². The first kappa shape index (κ1) is 8.59. The maximum absolute atomic E-state index is 4.84. The highest BCUT2D eigenvalue weighted by atomic mass is 32.1. The van der Waals surface area contributed by atoms with Crippen LogP contribution in [0.4, 0.5) is 0 Å². The zero-order chi connectivity index (χ0) is 6.57. The summed E-state index contributed by atoms with van der Waals surface area (Å²) in [5.41, 5.74) is 0. The molecule has 0 bridgehead atoms. The van der Waals surface area contributed by atoms with Crippen molar-refractivity contribution in [3.8, 4) is 0 Å². The van der Waals surface area contributed by atoms with Crippen LogP contribution in [-0.4, -0.2) is 21.6 Å². The van der Waals surface area contributed by atoms with E-state index in [-0.39, 0.29) is 0 Å². The quantitative estimate of drug-likeness (QED) is 0.364. The van der Waals surface area contributed by atoms with Gasteiger partial charge in [0, 0.05) is 0 Å². The molecule has 0 aromatic heterocycles. The van der Waals surface area contributed by atoms with E-state index in [2.05, 4.69) is 25.3 Å². The van der Waals surface area contributed by atoms with Gasteiger partial charge in [0.15, 0.2) is 0 Å². The molecular weight excluding hydrogens is 158 g/mol. The van der Waals surface area contributed by atoms with Crippen molar-refractivity contribution in [1.82, 2.24) is 4.90 Å². The third-order valence-corrected chi connectivity index (χ3v) is 1.73. The smallest absolute Gasteiger partial charge is 0.0761 e. The zero-order valence-electron chi connectivity index (χ0n) is 4.66. The highest BCUT2D eigenvalue weighted by Gasteiger charge is 1.96. The Morgan fingerprint density at radius 3 is 1.88 bits per heavy atom. The lowest BCUT2D eigenvalue weighted by atomic mass is 10.7. The molecule has 0 aliphatic rings. The Kier molecular flexibility index (Phi) is 4.80. The maximum atomic E-state index is 4.84. The second-order valence-corrected chi connectivity index (χ2v) is 2.50. The van der Waals surface area contributed by atoms with Crippen molar-refractivity contribution in [2.75, 3.05) is 11.8 Å². The van der Waals surface area contributed by atoms with Gasteiger partial charge in [0.1, 0.15) is 0 Å². The molecule has 0 N–H and O–H groups in total. The number of hydrogen-bond acceptors (Lipinski definition) is 3. The molecule has 1 nitrogen and oxygen atoms in total. The van der Waals surface area contributed by atoms with Crippen LogP contribution in [0.25, 0.3) is 0 Å². The van der Waals surface area contributed by atoms with Gasteiger partial charge in [0.25, 0.3) is 0 Å². The van der Waals surface area contributed by atoms with Gasteiger partial charge in [0.05, 0.1) is 16.7 Å². The summed E-state index contributed by atoms with van der Waals surface area (Å²) >= 11 is 12.9. The molecule has 0 aliphatic heterocycles. The summed E-state index contributed by atoms with van der Waals surface area (Å²) in [6.07, 6.45) is 0. The SMILES string of the molecule is CC(=S)N(CS)CS. The first-order chi connectivity index (χ1) is 3.72. The van der Waals surface area contributed by atoms with E-state index in [1.54, 1.807) is 0 Å². The van der Waals surface area contributed by atoms with E-state index in [4.69, 9.17) is 12.2 Å². The molecule has 0 radical (unpaired) electrons. The molecule has 0 spiro atoms. The lowest BCUT2D eigenvalue weighted by Crippen LogP contribution is -2.24. The van der Waals surface area contributed by atoms with Crippen molar-refractivity contribution in [3.05, 3.63) is 0 Å². The number of thiocarbonyl (C=S) groups is 1. The standard InChI is InChI=1S/C4H9NS3/c1-4(8)5(2-6)3-7/h6-7H,2-3H2,1H3. The van der Waals surface area contributed by atoms with E-state index in [0.717, 1.165) is 4.99 Å². The van der Waals surface area contributed by atoms with Crippen LogP contribution in [0.2, 0.25) is 0 Å². The molecule has 4 heteroatoms. The Balaban J connectivity index is 3.52. The Bertz CT molecular complexity index is 79.4. The molecule has 0 unspecified atom stereocenters. The highest BCUT2D eigenvalue weighted by molar-refractivity contribution is 7.82. The maximum Gasteiger partial charge on any atom is 0.0761 e. The fraction of sp³-hybridized carbons (Fsp3) is 0.750. The van der Waals surface area contributed by atoms with Crippen molar-refractivity contribution in [2.24, 2.45) is 0 Å². The van der Waals surface area contributed by atoms with Gasteiger partial charge in [-0.05, 0) is 6.92 Å². The van der Waals surface area contributed by atoms with Crippen molar-refractivity contribution >= 4 is 42.5 Å². The van der Waals surface area contributed by atoms with Crippen LogP contribution in [0, 0.1) is 0 Å². The molecule has 0 saturated heterocycles. The molecule has 8 heavy (non-hydrogen) atoms. The van der Waals surface area contributed by atoms with Crippen molar-refractivity contribution in [1.29, 1.82) is 0 Å². The summed E-state index contributed by atoms with van der Waals surface area (Å²) in [6, 6.07) is 0. The fourth-order valence-electron chi connectivity index (χ4n) is 0.244. The van der Waals surface area contributed by atoms with Crippen LogP contribution in [0.3, 0.4) is 0 Å². The average molecular weight is 167 g/mol. The average Bonchev–Trinajstić information content (AvgIpc) is 1.69. The molecule has 0 aromatic carbocycles. The van der Waals surface area contributed by atoms with Gasteiger partial charge in [-0.3, -0.25) is 0 Å². The number of nitrogens with zero attached hydrogens (tertiary/aromatic N) is 1. The summed E-state index contributed by atoms with van der Waals surface area (Å²) in [7, 11) is 0. The number of rotatable bonds is 2. The Hall–Kier alpha value is 0.590. The van der Waals surface area contributed by atoms with E-state index >= 15 is 0 Å². The number of thiol groups is 2. The van der Waals surface area contributed by atoms with Crippen molar-refractivity contribution in [2.45, 2.75) is 6.92 Å². The summed E-state index contributed by atoms with van der Waals surface area (Å²) < 4.78 is 0. The molecule has 0 aromatic rings. The molecular formula is C4H9NS3. The predicted octanol–water partition coefficient (Wildman–Crippen LogP) is 1.41. The number of hydrogen-bond donors (Lipinski definition) is 2. The van der Waals surface area contributed by atoms with Crippen molar-refractivity contribution < 1.29 is 0 Å². The lowest BCUT2D eigenvalue weighted by Gasteiger charge is -2.16. The van der Waals surface area contributed by atoms with Gasteiger partial charge >= 0.3 is 0 Å². The van der Waals surface area contributed by atoms with Crippen LogP contribution in [0.1, 0.15) is 6.92 Å². The van der Waals surface area contributed by atoms with Crippen LogP contribution in [0.5, 0.6) is 0 Å². The molecule has 0 fully saturated rings. The minimum atomic E-state index is 0.652. The van der Waals surface area contributed by atoms with E-state index in [1.165, 1.54) is 0 Å². The molecule has 0 atom stereocenters. The molecule has 0 saturated carbocycles. The second-order valence-electron chi connectivity index (χ2n) is 1.34.